The average Bonchev–Trinajstić information content (AvgIpc) is 3.32. The highest BCUT2D eigenvalue weighted by atomic mass is 19.1. The van der Waals surface area contributed by atoms with Gasteiger partial charge in [0, 0.05) is 80.4 Å². The average molecular weight is 549 g/mol. The lowest BCUT2D eigenvalue weighted by Crippen LogP contribution is -2.49. The quantitative estimate of drug-likeness (QED) is 0.375. The number of nitrogens with one attached hydrogen (secondary N) is 2. The summed E-state index contributed by atoms with van der Waals surface area (Å²) in [6.07, 6.45) is 3.33. The predicted molar refractivity (Wildman–Crippen MR) is 151 cm³/mol. The summed E-state index contributed by atoms with van der Waals surface area (Å²) in [5.74, 6) is -0.912. The minimum absolute atomic E-state index is 0.0909. The third kappa shape index (κ3) is 5.42. The molecule has 6 rings (SSSR count). The van der Waals surface area contributed by atoms with Crippen LogP contribution in [0.5, 0.6) is 6.01 Å². The summed E-state index contributed by atoms with van der Waals surface area (Å²) in [4.78, 5) is 27.2. The number of amides is 1. The second-order valence-corrected chi connectivity index (χ2v) is 10.6. The molecule has 0 spiro atoms. The maximum atomic E-state index is 14.7. The third-order valence-electron chi connectivity index (χ3n) is 7.33. The first-order valence-corrected chi connectivity index (χ1v) is 13.5. The van der Waals surface area contributed by atoms with Gasteiger partial charge < -0.3 is 29.9 Å². The third-order valence-corrected chi connectivity index (χ3v) is 7.33. The molecular weight excluding hydrogens is 515 g/mol. The lowest BCUT2D eigenvalue weighted by atomic mass is 10.1. The largest absolute Gasteiger partial charge is 0.461 e. The molecule has 4 aromatic rings. The van der Waals surface area contributed by atoms with Gasteiger partial charge in [-0.05, 0) is 38.2 Å². The fourth-order valence-electron chi connectivity index (χ4n) is 5.39. The Kier molecular flexibility index (Phi) is 7.22. The standard InChI is InChI=1S/C28H33FN8O3/c1-17-13-37(7-6-30-17)24-5-4-21(27(38)32-19-10-18-14-36(3)34-25(18)23(29)11-19)26-22(24)12-31-28(33-26)40-16-20-15-35(2)8-9-39-20/h4-5,10-12,14,17,20,30H,6-9,13,15-16H2,1-3H3,(H,32,38). The van der Waals surface area contributed by atoms with Gasteiger partial charge in [0.2, 0.25) is 0 Å². The van der Waals surface area contributed by atoms with E-state index in [1.165, 1.54) is 10.7 Å². The van der Waals surface area contributed by atoms with Crippen LogP contribution in [0.3, 0.4) is 0 Å². The number of piperazine rings is 1. The smallest absolute Gasteiger partial charge is 0.317 e. The second-order valence-electron chi connectivity index (χ2n) is 10.6. The number of likely N-dealkylation sites (N-methyl/N-ethyl adjacent to an activating group) is 1. The molecule has 12 heteroatoms. The summed E-state index contributed by atoms with van der Waals surface area (Å²) >= 11 is 0. The first-order valence-electron chi connectivity index (χ1n) is 13.5. The number of benzene rings is 2. The number of ether oxygens (including phenoxy) is 2. The van der Waals surface area contributed by atoms with Crippen LogP contribution in [0.15, 0.2) is 36.7 Å². The van der Waals surface area contributed by atoms with Crippen molar-refractivity contribution >= 4 is 39.1 Å². The van der Waals surface area contributed by atoms with Crippen LogP contribution in [0.25, 0.3) is 21.8 Å². The zero-order valence-corrected chi connectivity index (χ0v) is 22.9. The monoisotopic (exact) mass is 548 g/mol. The summed E-state index contributed by atoms with van der Waals surface area (Å²) < 4.78 is 28.0. The van der Waals surface area contributed by atoms with Crippen molar-refractivity contribution in [1.29, 1.82) is 0 Å². The van der Waals surface area contributed by atoms with E-state index in [2.05, 4.69) is 37.4 Å². The molecule has 2 saturated heterocycles. The van der Waals surface area contributed by atoms with E-state index in [1.807, 2.05) is 13.1 Å². The van der Waals surface area contributed by atoms with Gasteiger partial charge in [0.15, 0.2) is 5.82 Å². The fraction of sp³-hybridized carbons (Fsp3) is 0.429. The Morgan fingerprint density at radius 3 is 2.92 bits per heavy atom. The van der Waals surface area contributed by atoms with E-state index in [9.17, 15) is 9.18 Å². The molecule has 2 N–H and O–H groups in total. The summed E-state index contributed by atoms with van der Waals surface area (Å²) in [6.45, 7) is 7.21. The molecule has 2 aromatic heterocycles. The molecule has 11 nitrogen and oxygen atoms in total. The topological polar surface area (TPSA) is 110 Å². The molecule has 4 heterocycles. The SMILES string of the molecule is CC1CN(c2ccc(C(=O)Nc3cc(F)c4nn(C)cc4c3)c3nc(OCC4CN(C)CCO4)ncc23)CCN1. The van der Waals surface area contributed by atoms with Crippen molar-refractivity contribution in [3.8, 4) is 6.01 Å². The number of nitrogens with zero attached hydrogens (tertiary/aromatic N) is 6. The Labute approximate surface area is 231 Å². The highest BCUT2D eigenvalue weighted by Gasteiger charge is 2.23. The molecule has 2 aliphatic heterocycles. The van der Waals surface area contributed by atoms with E-state index in [0.29, 0.717) is 41.4 Å². The molecule has 40 heavy (non-hydrogen) atoms. The first-order chi connectivity index (χ1) is 19.3. The number of morpholine rings is 1. The van der Waals surface area contributed by atoms with Crippen LogP contribution in [0.4, 0.5) is 15.8 Å². The molecule has 2 fully saturated rings. The second kappa shape index (κ2) is 11.0. The molecule has 1 amide bonds. The highest BCUT2D eigenvalue weighted by Crippen LogP contribution is 2.31. The molecule has 2 unspecified atom stereocenters. The molecule has 2 atom stereocenters. The Hall–Kier alpha value is -3.87. The van der Waals surface area contributed by atoms with Gasteiger partial charge >= 0.3 is 6.01 Å². The highest BCUT2D eigenvalue weighted by molar-refractivity contribution is 6.14. The van der Waals surface area contributed by atoms with Crippen LogP contribution in [-0.4, -0.2) is 95.7 Å². The Morgan fingerprint density at radius 2 is 2.10 bits per heavy atom. The predicted octanol–water partition coefficient (Wildman–Crippen LogP) is 2.42. The number of carbonyl (C=O) groups is 1. The van der Waals surface area contributed by atoms with E-state index < -0.39 is 11.7 Å². The Bertz CT molecular complexity index is 1560. The number of aryl methyl sites for hydroxylation is 1. The molecule has 0 bridgehead atoms. The number of hydrogen-bond acceptors (Lipinski definition) is 9. The number of halogens is 1. The van der Waals surface area contributed by atoms with Gasteiger partial charge in [0.05, 0.1) is 17.7 Å². The minimum atomic E-state index is -0.505. The van der Waals surface area contributed by atoms with Crippen molar-refractivity contribution in [2.45, 2.75) is 19.1 Å². The van der Waals surface area contributed by atoms with Crippen molar-refractivity contribution in [2.75, 3.05) is 63.2 Å². The van der Waals surface area contributed by atoms with Crippen LogP contribution in [0, 0.1) is 5.82 Å². The van der Waals surface area contributed by atoms with Gasteiger partial charge in [0.25, 0.3) is 5.91 Å². The normalized spacial score (nSPS) is 20.2. The number of anilines is 2. The summed E-state index contributed by atoms with van der Waals surface area (Å²) in [5.41, 5.74) is 2.35. The van der Waals surface area contributed by atoms with Crippen molar-refractivity contribution in [3.63, 3.8) is 0 Å². The van der Waals surface area contributed by atoms with Crippen molar-refractivity contribution < 1.29 is 18.7 Å². The zero-order valence-electron chi connectivity index (χ0n) is 22.9. The van der Waals surface area contributed by atoms with Crippen LogP contribution in [0.1, 0.15) is 17.3 Å². The van der Waals surface area contributed by atoms with Crippen LogP contribution in [0.2, 0.25) is 0 Å². The van der Waals surface area contributed by atoms with Gasteiger partial charge in [-0.15, -0.1) is 0 Å². The van der Waals surface area contributed by atoms with Crippen LogP contribution < -0.4 is 20.3 Å². The van der Waals surface area contributed by atoms with Gasteiger partial charge in [-0.3, -0.25) is 9.48 Å². The Balaban J connectivity index is 1.33. The summed E-state index contributed by atoms with van der Waals surface area (Å²) in [6, 6.07) is 7.15. The lowest BCUT2D eigenvalue weighted by molar-refractivity contribution is -0.0416. The van der Waals surface area contributed by atoms with Crippen LogP contribution >= 0.6 is 0 Å². The first kappa shape index (κ1) is 26.4. The zero-order chi connectivity index (χ0) is 27.8. The molecule has 210 valence electrons. The van der Waals surface area contributed by atoms with E-state index >= 15 is 0 Å². The van der Waals surface area contributed by atoms with Gasteiger partial charge in [0.1, 0.15) is 18.2 Å². The lowest BCUT2D eigenvalue weighted by Gasteiger charge is -2.34. The van der Waals surface area contributed by atoms with E-state index in [-0.39, 0.29) is 17.6 Å². The van der Waals surface area contributed by atoms with Crippen molar-refractivity contribution in [3.05, 3.63) is 48.0 Å². The summed E-state index contributed by atoms with van der Waals surface area (Å²) in [7, 11) is 3.77. The number of hydrogen-bond donors (Lipinski definition) is 2. The van der Waals surface area contributed by atoms with Crippen molar-refractivity contribution in [2.24, 2.45) is 7.05 Å². The maximum absolute atomic E-state index is 14.7. The number of aromatic nitrogens is 4. The van der Waals surface area contributed by atoms with E-state index in [4.69, 9.17) is 14.5 Å². The van der Waals surface area contributed by atoms with Gasteiger partial charge in [-0.25, -0.2) is 9.37 Å². The molecule has 2 aromatic carbocycles. The molecule has 0 saturated carbocycles. The molecule has 0 aliphatic carbocycles. The van der Waals surface area contributed by atoms with Crippen molar-refractivity contribution in [1.82, 2.24) is 30.0 Å². The number of rotatable bonds is 6. The maximum Gasteiger partial charge on any atom is 0.317 e. The summed E-state index contributed by atoms with van der Waals surface area (Å²) in [5, 5.41) is 11.8. The number of carbonyl (C=O) groups excluding carboxylic acids is 1. The molecule has 0 radical (unpaired) electrons. The fourth-order valence-corrected chi connectivity index (χ4v) is 5.39. The molecule has 2 aliphatic rings. The van der Waals surface area contributed by atoms with Crippen LogP contribution in [-0.2, 0) is 11.8 Å². The van der Waals surface area contributed by atoms with Gasteiger partial charge in [-0.1, -0.05) is 0 Å². The van der Waals surface area contributed by atoms with E-state index in [1.54, 1.807) is 31.6 Å². The minimum Gasteiger partial charge on any atom is -0.461 e. The Morgan fingerprint density at radius 1 is 1.23 bits per heavy atom. The number of fused-ring (bicyclic) bond motifs is 2. The molecular formula is C28H33FN8O3. The van der Waals surface area contributed by atoms with E-state index in [0.717, 1.165) is 43.8 Å². The van der Waals surface area contributed by atoms with Gasteiger partial charge in [-0.2, -0.15) is 10.1 Å².